The Morgan fingerprint density at radius 3 is 2.58 bits per heavy atom. The summed E-state index contributed by atoms with van der Waals surface area (Å²) in [5.41, 5.74) is 1.64. The third-order valence-electron chi connectivity index (χ3n) is 3.71. The van der Waals surface area contributed by atoms with Gasteiger partial charge in [-0.1, -0.05) is 40.5 Å². The molecule has 0 N–H and O–H groups in total. The second kappa shape index (κ2) is 6.72. The Morgan fingerprint density at radius 1 is 1.12 bits per heavy atom. The average Bonchev–Trinajstić information content (AvgIpc) is 3.30. The Labute approximate surface area is 162 Å². The predicted octanol–water partition coefficient (Wildman–Crippen LogP) is 5.36. The van der Waals surface area contributed by atoms with Gasteiger partial charge in [-0.25, -0.2) is 9.79 Å². The van der Waals surface area contributed by atoms with Crippen molar-refractivity contribution in [2.75, 3.05) is 0 Å². The minimum Gasteiger partial charge on any atom is -0.402 e. The van der Waals surface area contributed by atoms with Gasteiger partial charge in [0.25, 0.3) is 0 Å². The van der Waals surface area contributed by atoms with Crippen LogP contribution in [0.2, 0.25) is 10.0 Å². The molecule has 0 amide bonds. The first-order valence-corrected chi connectivity index (χ1v) is 9.15. The lowest BCUT2D eigenvalue weighted by Crippen LogP contribution is -2.07. The van der Waals surface area contributed by atoms with Gasteiger partial charge >= 0.3 is 5.97 Å². The van der Waals surface area contributed by atoms with E-state index >= 15 is 0 Å². The van der Waals surface area contributed by atoms with E-state index in [0.29, 0.717) is 32.6 Å². The Bertz CT molecular complexity index is 1050. The van der Waals surface area contributed by atoms with Crippen molar-refractivity contribution in [3.05, 3.63) is 67.6 Å². The molecule has 8 heteroatoms. The van der Waals surface area contributed by atoms with E-state index in [1.807, 2.05) is 17.5 Å². The van der Waals surface area contributed by atoms with Gasteiger partial charge < -0.3 is 9.26 Å². The zero-order valence-corrected chi connectivity index (χ0v) is 15.7. The van der Waals surface area contributed by atoms with Crippen LogP contribution in [-0.4, -0.2) is 17.0 Å². The first-order valence-electron chi connectivity index (χ1n) is 7.51. The quantitative estimate of drug-likeness (QED) is 0.435. The van der Waals surface area contributed by atoms with E-state index in [9.17, 15) is 4.79 Å². The monoisotopic (exact) mass is 404 g/mol. The minimum atomic E-state index is -0.537. The number of thiophene rings is 1. The molecule has 5 nitrogen and oxygen atoms in total. The summed E-state index contributed by atoms with van der Waals surface area (Å²) in [4.78, 5) is 17.4. The molecule has 0 unspecified atom stereocenters. The standard InChI is InChI=1S/C18H10Cl2N2O3S/c1-9-14(16(25-22-9)15-11(19)5-2-6-12(15)20)17-21-13(18(23)24-17)8-10-4-3-7-26-10/h2-8H,1H3/b13-8+. The summed E-state index contributed by atoms with van der Waals surface area (Å²) in [5.74, 6) is -0.116. The van der Waals surface area contributed by atoms with Crippen LogP contribution in [0.15, 0.2) is 50.9 Å². The Morgan fingerprint density at radius 2 is 1.88 bits per heavy atom. The summed E-state index contributed by atoms with van der Waals surface area (Å²) in [5, 5.41) is 6.67. The van der Waals surface area contributed by atoms with Crippen molar-refractivity contribution in [2.24, 2.45) is 4.99 Å². The van der Waals surface area contributed by atoms with Crippen LogP contribution in [0.1, 0.15) is 16.1 Å². The third kappa shape index (κ3) is 2.96. The highest BCUT2D eigenvalue weighted by atomic mass is 35.5. The zero-order valence-electron chi connectivity index (χ0n) is 13.3. The van der Waals surface area contributed by atoms with E-state index in [1.165, 1.54) is 11.3 Å². The molecular formula is C18H10Cl2N2O3S. The predicted molar refractivity (Wildman–Crippen MR) is 102 cm³/mol. The third-order valence-corrected chi connectivity index (χ3v) is 5.16. The molecule has 26 heavy (non-hydrogen) atoms. The number of aromatic nitrogens is 1. The molecule has 0 atom stereocenters. The molecule has 3 aromatic rings. The maximum Gasteiger partial charge on any atom is 0.363 e. The molecule has 3 heterocycles. The number of hydrogen-bond acceptors (Lipinski definition) is 6. The highest BCUT2D eigenvalue weighted by Gasteiger charge is 2.31. The highest BCUT2D eigenvalue weighted by molar-refractivity contribution is 7.10. The van der Waals surface area contributed by atoms with Gasteiger partial charge in [0.2, 0.25) is 5.90 Å². The van der Waals surface area contributed by atoms with Crippen LogP contribution >= 0.6 is 34.5 Å². The van der Waals surface area contributed by atoms with Gasteiger partial charge in [0.1, 0.15) is 5.56 Å². The summed E-state index contributed by atoms with van der Waals surface area (Å²) < 4.78 is 10.8. The van der Waals surface area contributed by atoms with Gasteiger partial charge in [0.05, 0.1) is 21.3 Å². The molecule has 0 aliphatic carbocycles. The number of carbonyl (C=O) groups is 1. The highest BCUT2D eigenvalue weighted by Crippen LogP contribution is 2.38. The van der Waals surface area contributed by atoms with Gasteiger partial charge in [-0.3, -0.25) is 0 Å². The first kappa shape index (κ1) is 17.0. The fourth-order valence-electron chi connectivity index (χ4n) is 2.53. The van der Waals surface area contributed by atoms with Crippen LogP contribution in [0.25, 0.3) is 17.4 Å². The topological polar surface area (TPSA) is 64.7 Å². The van der Waals surface area contributed by atoms with Crippen molar-refractivity contribution in [2.45, 2.75) is 6.92 Å². The largest absolute Gasteiger partial charge is 0.402 e. The minimum absolute atomic E-state index is 0.113. The summed E-state index contributed by atoms with van der Waals surface area (Å²) in [6, 6.07) is 8.89. The molecule has 0 radical (unpaired) electrons. The van der Waals surface area contributed by atoms with E-state index in [4.69, 9.17) is 32.5 Å². The molecule has 0 saturated heterocycles. The maximum atomic E-state index is 12.2. The number of aliphatic imine (C=N–C) groups is 1. The van der Waals surface area contributed by atoms with Crippen molar-refractivity contribution in [1.82, 2.24) is 5.16 Å². The number of hydrogen-bond donors (Lipinski definition) is 0. The number of aryl methyl sites for hydroxylation is 1. The van der Waals surface area contributed by atoms with Crippen LogP contribution < -0.4 is 0 Å². The Hall–Kier alpha value is -2.41. The van der Waals surface area contributed by atoms with Gasteiger partial charge in [0.15, 0.2) is 11.5 Å². The molecule has 1 aliphatic rings. The second-order valence-electron chi connectivity index (χ2n) is 5.42. The van der Waals surface area contributed by atoms with Gasteiger partial charge in [0, 0.05) is 4.88 Å². The summed E-state index contributed by atoms with van der Waals surface area (Å²) in [6.45, 7) is 1.73. The molecule has 0 fully saturated rings. The molecule has 2 aromatic heterocycles. The second-order valence-corrected chi connectivity index (χ2v) is 7.21. The van der Waals surface area contributed by atoms with E-state index in [-0.39, 0.29) is 11.6 Å². The molecule has 4 rings (SSSR count). The molecule has 130 valence electrons. The van der Waals surface area contributed by atoms with Crippen LogP contribution in [0, 0.1) is 6.92 Å². The molecule has 1 aliphatic heterocycles. The molecule has 0 bridgehead atoms. The first-order chi connectivity index (χ1) is 12.5. The van der Waals surface area contributed by atoms with Gasteiger partial charge in [-0.05, 0) is 36.6 Å². The van der Waals surface area contributed by atoms with Crippen molar-refractivity contribution in [3.8, 4) is 11.3 Å². The lowest BCUT2D eigenvalue weighted by molar-refractivity contribution is -0.129. The lowest BCUT2D eigenvalue weighted by Gasteiger charge is -2.05. The van der Waals surface area contributed by atoms with E-state index in [0.717, 1.165) is 4.88 Å². The molecular weight excluding hydrogens is 395 g/mol. The number of benzene rings is 1. The van der Waals surface area contributed by atoms with E-state index < -0.39 is 5.97 Å². The summed E-state index contributed by atoms with van der Waals surface area (Å²) >= 11 is 14.0. The van der Waals surface area contributed by atoms with Gasteiger partial charge in [-0.15, -0.1) is 11.3 Å². The average molecular weight is 405 g/mol. The number of halogens is 2. The van der Waals surface area contributed by atoms with Crippen molar-refractivity contribution in [1.29, 1.82) is 0 Å². The number of rotatable bonds is 3. The Kier molecular flexibility index (Phi) is 4.40. The van der Waals surface area contributed by atoms with Crippen LogP contribution in [0.4, 0.5) is 0 Å². The zero-order chi connectivity index (χ0) is 18.3. The van der Waals surface area contributed by atoms with Gasteiger partial charge in [-0.2, -0.15) is 0 Å². The lowest BCUT2D eigenvalue weighted by atomic mass is 10.1. The molecule has 0 saturated carbocycles. The fraction of sp³-hybridized carbons (Fsp3) is 0.0556. The summed E-state index contributed by atoms with van der Waals surface area (Å²) in [6.07, 6.45) is 1.67. The van der Waals surface area contributed by atoms with Crippen molar-refractivity contribution >= 4 is 52.5 Å². The van der Waals surface area contributed by atoms with Crippen molar-refractivity contribution < 1.29 is 14.1 Å². The normalized spacial score (nSPS) is 15.4. The van der Waals surface area contributed by atoms with Crippen molar-refractivity contribution in [3.63, 3.8) is 0 Å². The van der Waals surface area contributed by atoms with Crippen LogP contribution in [-0.2, 0) is 9.53 Å². The smallest absolute Gasteiger partial charge is 0.363 e. The van der Waals surface area contributed by atoms with E-state index in [2.05, 4.69) is 10.1 Å². The number of carbonyl (C=O) groups excluding carboxylic acids is 1. The Balaban J connectivity index is 1.83. The number of cyclic esters (lactones) is 1. The summed E-state index contributed by atoms with van der Waals surface area (Å²) in [7, 11) is 0. The molecule has 1 aromatic carbocycles. The van der Waals surface area contributed by atoms with E-state index in [1.54, 1.807) is 31.2 Å². The number of ether oxygens (including phenoxy) is 1. The fourth-order valence-corrected chi connectivity index (χ4v) is 3.75. The SMILES string of the molecule is Cc1noc(-c2c(Cl)cccc2Cl)c1C1=N/C(=C/c2cccs2)C(=O)O1. The molecule has 0 spiro atoms. The van der Waals surface area contributed by atoms with Crippen LogP contribution in [0.3, 0.4) is 0 Å². The number of esters is 1. The van der Waals surface area contributed by atoms with Crippen LogP contribution in [0.5, 0.6) is 0 Å². The maximum absolute atomic E-state index is 12.2. The number of nitrogens with zero attached hydrogens (tertiary/aromatic N) is 2.